The number of aliphatic hydroxyl groups is 1. The van der Waals surface area contributed by atoms with Crippen molar-refractivity contribution in [3.05, 3.63) is 42.0 Å². The highest BCUT2D eigenvalue weighted by Crippen LogP contribution is 2.17. The second-order valence-corrected chi connectivity index (χ2v) is 6.52. The van der Waals surface area contributed by atoms with Crippen molar-refractivity contribution in [2.24, 2.45) is 0 Å². The number of benzene rings is 1. The monoisotopic (exact) mass is 327 g/mol. The molecule has 1 aromatic rings. The molecule has 7 heteroatoms. The summed E-state index contributed by atoms with van der Waals surface area (Å²) in [5.74, 6) is 0. The summed E-state index contributed by atoms with van der Waals surface area (Å²) in [6.45, 7) is 1.79. The van der Waals surface area contributed by atoms with Crippen molar-refractivity contribution >= 4 is 16.1 Å². The smallest absolute Gasteiger partial charge is 0.423 e. The molecule has 22 heavy (non-hydrogen) atoms. The molecular formula is C15H21NO5S. The lowest BCUT2D eigenvalue weighted by atomic mass is 10.2. The first-order valence-electron chi connectivity index (χ1n) is 6.86. The number of unbranched alkanes of at least 4 members (excludes halogenated alkanes) is 1. The fourth-order valence-electron chi connectivity index (χ4n) is 1.71. The maximum Gasteiger partial charge on any atom is 0.423 e. The van der Waals surface area contributed by atoms with Gasteiger partial charge in [0.15, 0.2) is 0 Å². The molecule has 0 saturated heterocycles. The van der Waals surface area contributed by atoms with E-state index in [-0.39, 0.29) is 18.0 Å². The number of rotatable bonds is 7. The lowest BCUT2D eigenvalue weighted by molar-refractivity contribution is 0.151. The minimum atomic E-state index is -3.96. The minimum Gasteiger partial charge on any atom is -0.452 e. The average Bonchev–Trinajstić information content (AvgIpc) is 2.50. The predicted octanol–water partition coefficient (Wildman–Crippen LogP) is 2.08. The maximum absolute atomic E-state index is 12.5. The Kier molecular flexibility index (Phi) is 7.07. The van der Waals surface area contributed by atoms with Gasteiger partial charge >= 0.3 is 6.09 Å². The van der Waals surface area contributed by atoms with Crippen LogP contribution in [-0.4, -0.2) is 44.2 Å². The van der Waals surface area contributed by atoms with Crippen LogP contribution >= 0.6 is 0 Å². The summed E-state index contributed by atoms with van der Waals surface area (Å²) < 4.78 is 30.3. The molecule has 1 aromatic carbocycles. The summed E-state index contributed by atoms with van der Waals surface area (Å²) in [6.07, 6.45) is 3.54. The van der Waals surface area contributed by atoms with Gasteiger partial charge < -0.3 is 9.84 Å². The highest BCUT2D eigenvalue weighted by Gasteiger charge is 2.28. The van der Waals surface area contributed by atoms with Crippen LogP contribution in [0.15, 0.2) is 41.3 Å². The number of carbonyl (C=O) groups excluding carboxylic acids is 1. The lowest BCUT2D eigenvalue weighted by Crippen LogP contribution is -2.37. The third kappa shape index (κ3) is 4.85. The second-order valence-electron chi connectivity index (χ2n) is 4.66. The summed E-state index contributed by atoms with van der Waals surface area (Å²) in [5.41, 5.74) is 0.924. The zero-order chi connectivity index (χ0) is 16.6. The van der Waals surface area contributed by atoms with E-state index in [0.29, 0.717) is 17.1 Å². The lowest BCUT2D eigenvalue weighted by Gasteiger charge is -2.19. The Bertz CT molecular complexity index is 607. The largest absolute Gasteiger partial charge is 0.452 e. The van der Waals surface area contributed by atoms with Crippen LogP contribution in [0, 0.1) is 6.92 Å². The van der Waals surface area contributed by atoms with Gasteiger partial charge in [0.2, 0.25) is 0 Å². The minimum absolute atomic E-state index is 0.0345. The van der Waals surface area contributed by atoms with Gasteiger partial charge in [0.1, 0.15) is 0 Å². The second kappa shape index (κ2) is 8.55. The van der Waals surface area contributed by atoms with Crippen LogP contribution in [0.25, 0.3) is 0 Å². The van der Waals surface area contributed by atoms with Crippen LogP contribution in [0.2, 0.25) is 0 Å². The summed E-state index contributed by atoms with van der Waals surface area (Å²) in [5, 5.41) is 8.69. The van der Waals surface area contributed by atoms with Crippen molar-refractivity contribution in [1.82, 2.24) is 4.31 Å². The van der Waals surface area contributed by atoms with Gasteiger partial charge in [-0.3, -0.25) is 0 Å². The van der Waals surface area contributed by atoms with Gasteiger partial charge in [0.25, 0.3) is 10.0 Å². The third-order valence-corrected chi connectivity index (χ3v) is 4.70. The van der Waals surface area contributed by atoms with Crippen molar-refractivity contribution in [3.8, 4) is 0 Å². The molecule has 1 N–H and O–H groups in total. The van der Waals surface area contributed by atoms with E-state index in [2.05, 4.69) is 4.74 Å². The average molecular weight is 327 g/mol. The number of allylic oxidation sites excluding steroid dienone is 1. The summed E-state index contributed by atoms with van der Waals surface area (Å²) in [6, 6.07) is 6.24. The fraction of sp³-hybridized carbons (Fsp3) is 0.400. The first-order valence-corrected chi connectivity index (χ1v) is 8.30. The van der Waals surface area contributed by atoms with Crippen LogP contribution in [0.3, 0.4) is 0 Å². The predicted molar refractivity (Wildman–Crippen MR) is 82.9 cm³/mol. The number of sulfonamides is 1. The van der Waals surface area contributed by atoms with E-state index in [4.69, 9.17) is 5.11 Å². The molecule has 0 aliphatic rings. The number of hydrogen-bond acceptors (Lipinski definition) is 5. The molecule has 1 amide bonds. The molecule has 0 aliphatic carbocycles. The Labute approximate surface area is 131 Å². The van der Waals surface area contributed by atoms with E-state index in [1.54, 1.807) is 24.3 Å². The van der Waals surface area contributed by atoms with Crippen molar-refractivity contribution in [3.63, 3.8) is 0 Å². The summed E-state index contributed by atoms with van der Waals surface area (Å²) >= 11 is 0. The van der Waals surface area contributed by atoms with E-state index >= 15 is 0 Å². The summed E-state index contributed by atoms with van der Waals surface area (Å²) in [4.78, 5) is 11.8. The molecule has 6 nitrogen and oxygen atoms in total. The van der Waals surface area contributed by atoms with Gasteiger partial charge in [-0.25, -0.2) is 13.2 Å². The van der Waals surface area contributed by atoms with Gasteiger partial charge in [0, 0.05) is 6.61 Å². The van der Waals surface area contributed by atoms with E-state index in [9.17, 15) is 13.2 Å². The standard InChI is InChI=1S/C15H21NO5S/c1-13-7-9-14(10-8-13)22(19,20)16(15(18)21-2)11-5-3-4-6-12-17/h3,5,7-10,17H,4,6,11-12H2,1-2H3/b5-3+. The molecule has 0 aromatic heterocycles. The molecule has 0 saturated carbocycles. The van der Waals surface area contributed by atoms with Crippen molar-refractivity contribution in [2.75, 3.05) is 20.3 Å². The number of amides is 1. The Morgan fingerprint density at radius 1 is 1.27 bits per heavy atom. The number of ether oxygens (including phenoxy) is 1. The molecule has 0 unspecified atom stereocenters. The van der Waals surface area contributed by atoms with Gasteiger partial charge in [-0.05, 0) is 31.9 Å². The normalized spacial score (nSPS) is 11.6. The Morgan fingerprint density at radius 2 is 1.91 bits per heavy atom. The number of aliphatic hydroxyl groups excluding tert-OH is 1. The molecule has 0 atom stereocenters. The van der Waals surface area contributed by atoms with Crippen molar-refractivity contribution in [1.29, 1.82) is 0 Å². The van der Waals surface area contributed by atoms with Crippen LogP contribution in [-0.2, 0) is 14.8 Å². The fourth-order valence-corrected chi connectivity index (χ4v) is 2.99. The van der Waals surface area contributed by atoms with Gasteiger partial charge in [-0.15, -0.1) is 0 Å². The molecule has 0 bridgehead atoms. The van der Waals surface area contributed by atoms with Gasteiger partial charge in [-0.1, -0.05) is 29.8 Å². The molecule has 0 fully saturated rings. The highest BCUT2D eigenvalue weighted by atomic mass is 32.2. The zero-order valence-corrected chi connectivity index (χ0v) is 13.5. The zero-order valence-electron chi connectivity index (χ0n) is 12.7. The molecular weight excluding hydrogens is 306 g/mol. The van der Waals surface area contributed by atoms with Crippen LogP contribution < -0.4 is 0 Å². The van der Waals surface area contributed by atoms with Crippen molar-refractivity contribution < 1.29 is 23.1 Å². The molecule has 0 heterocycles. The van der Waals surface area contributed by atoms with Crippen molar-refractivity contribution in [2.45, 2.75) is 24.7 Å². The van der Waals surface area contributed by atoms with E-state index in [1.165, 1.54) is 12.1 Å². The maximum atomic E-state index is 12.5. The van der Waals surface area contributed by atoms with E-state index in [0.717, 1.165) is 12.7 Å². The van der Waals surface area contributed by atoms with Gasteiger partial charge in [0.05, 0.1) is 18.6 Å². The van der Waals surface area contributed by atoms with Crippen LogP contribution in [0.1, 0.15) is 18.4 Å². The SMILES string of the molecule is COC(=O)N(C/C=C/CCCO)S(=O)(=O)c1ccc(C)cc1. The molecule has 1 rings (SSSR count). The molecule has 122 valence electrons. The van der Waals surface area contributed by atoms with Crippen LogP contribution in [0.5, 0.6) is 0 Å². The Morgan fingerprint density at radius 3 is 2.45 bits per heavy atom. The number of aryl methyl sites for hydroxylation is 1. The van der Waals surface area contributed by atoms with E-state index < -0.39 is 16.1 Å². The van der Waals surface area contributed by atoms with Gasteiger partial charge in [-0.2, -0.15) is 4.31 Å². The summed E-state index contributed by atoms with van der Waals surface area (Å²) in [7, 11) is -2.83. The molecule has 0 radical (unpaired) electrons. The number of hydrogen-bond donors (Lipinski definition) is 1. The van der Waals surface area contributed by atoms with Crippen LogP contribution in [0.4, 0.5) is 4.79 Å². The molecule has 0 aliphatic heterocycles. The Hall–Kier alpha value is -1.86. The third-order valence-electron chi connectivity index (χ3n) is 2.95. The van der Waals surface area contributed by atoms with E-state index in [1.807, 2.05) is 6.92 Å². The quantitative estimate of drug-likeness (QED) is 0.612. The number of nitrogens with zero attached hydrogens (tertiary/aromatic N) is 1. The highest BCUT2D eigenvalue weighted by molar-refractivity contribution is 7.89. The first kappa shape index (κ1) is 18.2. The topological polar surface area (TPSA) is 83.9 Å². The molecule has 0 spiro atoms. The first-order chi connectivity index (χ1) is 10.4. The number of methoxy groups -OCH3 is 1. The number of carbonyl (C=O) groups is 1. The Balaban J connectivity index is 2.97.